The number of anilines is 1. The lowest BCUT2D eigenvalue weighted by atomic mass is 10.3. The van der Waals surface area contributed by atoms with Crippen LogP contribution in [0.25, 0.3) is 5.69 Å². The molecule has 3 aromatic rings. The Labute approximate surface area is 157 Å². The minimum absolute atomic E-state index is 0.116. The molecule has 8 heteroatoms. The molecule has 122 valence electrons. The first kappa shape index (κ1) is 17.2. The van der Waals surface area contributed by atoms with Crippen molar-refractivity contribution in [3.05, 3.63) is 63.6 Å². The maximum absolute atomic E-state index is 12.0. The Kier molecular flexibility index (Phi) is 5.68. The van der Waals surface area contributed by atoms with Crippen LogP contribution in [0.15, 0.2) is 58.9 Å². The predicted octanol–water partition coefficient (Wildman–Crippen LogP) is 5.05. The molecular formula is C16H12ClN3OS3. The molecule has 0 bridgehead atoms. The fourth-order valence-electron chi connectivity index (χ4n) is 1.94. The van der Waals surface area contributed by atoms with Crippen molar-refractivity contribution < 1.29 is 4.79 Å². The van der Waals surface area contributed by atoms with Crippen LogP contribution in [-0.2, 0) is 4.79 Å². The standard InChI is InChI=1S/C16H12ClN3OS3/c17-11-5-4-6-12(9-11)18-14(21)10-23-15-19-20(16(22)24-15)13-7-2-1-3-8-13/h1-9H,10H2,(H,18,21). The van der Waals surface area contributed by atoms with E-state index in [1.807, 2.05) is 30.3 Å². The SMILES string of the molecule is O=C(CSc1nn(-c2ccccc2)c(=S)s1)Nc1cccc(Cl)c1. The van der Waals surface area contributed by atoms with Gasteiger partial charge in [0.15, 0.2) is 8.29 Å². The highest BCUT2D eigenvalue weighted by Gasteiger charge is 2.09. The van der Waals surface area contributed by atoms with Gasteiger partial charge in [-0.15, -0.1) is 5.10 Å². The van der Waals surface area contributed by atoms with E-state index in [4.69, 9.17) is 23.8 Å². The summed E-state index contributed by atoms with van der Waals surface area (Å²) in [7, 11) is 0. The Bertz CT molecular complexity index is 908. The number of nitrogens with zero attached hydrogens (tertiary/aromatic N) is 2. The number of hydrogen-bond donors (Lipinski definition) is 1. The lowest BCUT2D eigenvalue weighted by Gasteiger charge is -2.04. The van der Waals surface area contributed by atoms with Crippen molar-refractivity contribution in [2.75, 3.05) is 11.1 Å². The van der Waals surface area contributed by atoms with Gasteiger partial charge in [0.1, 0.15) is 0 Å². The van der Waals surface area contributed by atoms with E-state index < -0.39 is 0 Å². The van der Waals surface area contributed by atoms with E-state index in [9.17, 15) is 4.79 Å². The molecule has 0 radical (unpaired) electrons. The molecule has 0 spiro atoms. The molecular weight excluding hydrogens is 382 g/mol. The highest BCUT2D eigenvalue weighted by molar-refractivity contribution is 8.01. The number of para-hydroxylation sites is 1. The fraction of sp³-hybridized carbons (Fsp3) is 0.0625. The summed E-state index contributed by atoms with van der Waals surface area (Å²) in [5.74, 6) is 0.137. The number of aromatic nitrogens is 2. The first-order valence-electron chi connectivity index (χ1n) is 6.95. The predicted molar refractivity (Wildman–Crippen MR) is 103 cm³/mol. The average Bonchev–Trinajstić information content (AvgIpc) is 2.95. The summed E-state index contributed by atoms with van der Waals surface area (Å²) < 4.78 is 3.11. The van der Waals surface area contributed by atoms with E-state index in [0.717, 1.165) is 10.0 Å². The smallest absolute Gasteiger partial charge is 0.234 e. The molecule has 1 amide bonds. The molecule has 0 unspecified atom stereocenters. The maximum atomic E-state index is 12.0. The minimum atomic E-state index is -0.116. The fourth-order valence-corrected chi connectivity index (χ4v) is 4.29. The molecule has 3 rings (SSSR count). The molecule has 4 nitrogen and oxygen atoms in total. The summed E-state index contributed by atoms with van der Waals surface area (Å²) in [6, 6.07) is 16.7. The normalized spacial score (nSPS) is 10.5. The molecule has 0 aliphatic rings. The van der Waals surface area contributed by atoms with Crippen LogP contribution in [0.1, 0.15) is 0 Å². The largest absolute Gasteiger partial charge is 0.325 e. The van der Waals surface area contributed by atoms with E-state index in [0.29, 0.717) is 14.7 Å². The highest BCUT2D eigenvalue weighted by atomic mass is 35.5. The van der Waals surface area contributed by atoms with Gasteiger partial charge < -0.3 is 5.32 Å². The van der Waals surface area contributed by atoms with E-state index in [-0.39, 0.29) is 11.7 Å². The van der Waals surface area contributed by atoms with Crippen molar-refractivity contribution in [1.29, 1.82) is 0 Å². The van der Waals surface area contributed by atoms with Crippen LogP contribution < -0.4 is 5.32 Å². The van der Waals surface area contributed by atoms with Gasteiger partial charge in [0, 0.05) is 10.7 Å². The third kappa shape index (κ3) is 4.45. The molecule has 0 fully saturated rings. The van der Waals surface area contributed by atoms with Gasteiger partial charge in [-0.05, 0) is 42.5 Å². The highest BCUT2D eigenvalue weighted by Crippen LogP contribution is 2.24. The lowest BCUT2D eigenvalue weighted by Crippen LogP contribution is -2.13. The van der Waals surface area contributed by atoms with E-state index in [1.165, 1.54) is 23.1 Å². The third-order valence-corrected chi connectivity index (χ3v) is 5.57. The van der Waals surface area contributed by atoms with Crippen molar-refractivity contribution in [3.8, 4) is 5.69 Å². The van der Waals surface area contributed by atoms with Gasteiger partial charge in [-0.1, -0.05) is 59.0 Å². The van der Waals surface area contributed by atoms with Crippen LogP contribution in [0.5, 0.6) is 0 Å². The van der Waals surface area contributed by atoms with Crippen LogP contribution in [0.4, 0.5) is 5.69 Å². The molecule has 24 heavy (non-hydrogen) atoms. The molecule has 0 saturated carbocycles. The molecule has 0 aliphatic heterocycles. The van der Waals surface area contributed by atoms with Crippen molar-refractivity contribution in [1.82, 2.24) is 9.78 Å². The van der Waals surface area contributed by atoms with Gasteiger partial charge in [-0.2, -0.15) is 0 Å². The molecule has 0 saturated heterocycles. The summed E-state index contributed by atoms with van der Waals surface area (Å²) in [6.45, 7) is 0. The number of rotatable bonds is 5. The number of carbonyl (C=O) groups excluding carboxylic acids is 1. The molecule has 0 atom stereocenters. The van der Waals surface area contributed by atoms with Crippen molar-refractivity contribution in [2.24, 2.45) is 0 Å². The van der Waals surface area contributed by atoms with Gasteiger partial charge in [0.25, 0.3) is 0 Å². The van der Waals surface area contributed by atoms with Gasteiger partial charge in [-0.3, -0.25) is 4.79 Å². The van der Waals surface area contributed by atoms with E-state index in [2.05, 4.69) is 10.4 Å². The van der Waals surface area contributed by atoms with E-state index in [1.54, 1.807) is 28.9 Å². The van der Waals surface area contributed by atoms with Crippen LogP contribution in [0, 0.1) is 3.95 Å². The number of amides is 1. The zero-order valence-electron chi connectivity index (χ0n) is 12.3. The second-order valence-electron chi connectivity index (χ2n) is 4.73. The second kappa shape index (κ2) is 7.94. The number of halogens is 1. The zero-order valence-corrected chi connectivity index (χ0v) is 15.5. The Balaban J connectivity index is 1.63. The molecule has 2 aromatic carbocycles. The van der Waals surface area contributed by atoms with E-state index >= 15 is 0 Å². The summed E-state index contributed by atoms with van der Waals surface area (Å²) in [4.78, 5) is 12.0. The zero-order chi connectivity index (χ0) is 16.9. The molecule has 1 N–H and O–H groups in total. The Morgan fingerprint density at radius 1 is 1.25 bits per heavy atom. The number of carbonyl (C=O) groups is 1. The number of nitrogens with one attached hydrogen (secondary N) is 1. The third-order valence-electron chi connectivity index (χ3n) is 2.97. The maximum Gasteiger partial charge on any atom is 0.234 e. The van der Waals surface area contributed by atoms with Gasteiger partial charge in [-0.25, -0.2) is 4.68 Å². The van der Waals surface area contributed by atoms with Gasteiger partial charge >= 0.3 is 0 Å². The van der Waals surface area contributed by atoms with Crippen LogP contribution in [0.2, 0.25) is 5.02 Å². The Morgan fingerprint density at radius 3 is 2.79 bits per heavy atom. The lowest BCUT2D eigenvalue weighted by molar-refractivity contribution is -0.113. The van der Waals surface area contributed by atoms with Crippen LogP contribution in [0.3, 0.4) is 0 Å². The first-order chi connectivity index (χ1) is 11.6. The minimum Gasteiger partial charge on any atom is -0.325 e. The first-order valence-corrected chi connectivity index (χ1v) is 9.54. The van der Waals surface area contributed by atoms with Gasteiger partial charge in [0.05, 0.1) is 11.4 Å². The molecule has 1 heterocycles. The molecule has 0 aliphatic carbocycles. The Morgan fingerprint density at radius 2 is 2.04 bits per heavy atom. The van der Waals surface area contributed by atoms with Crippen molar-refractivity contribution in [3.63, 3.8) is 0 Å². The average molecular weight is 394 g/mol. The van der Waals surface area contributed by atoms with Crippen LogP contribution in [-0.4, -0.2) is 21.4 Å². The summed E-state index contributed by atoms with van der Waals surface area (Å²) in [5.41, 5.74) is 1.59. The summed E-state index contributed by atoms with van der Waals surface area (Å²) >= 11 is 14.0. The van der Waals surface area contributed by atoms with Gasteiger partial charge in [0.2, 0.25) is 5.91 Å². The summed E-state index contributed by atoms with van der Waals surface area (Å²) in [5, 5.41) is 7.86. The summed E-state index contributed by atoms with van der Waals surface area (Å²) in [6.07, 6.45) is 0. The number of hydrogen-bond acceptors (Lipinski definition) is 5. The van der Waals surface area contributed by atoms with Crippen LogP contribution >= 0.6 is 46.9 Å². The van der Waals surface area contributed by atoms with Crippen molar-refractivity contribution >= 4 is 58.5 Å². The second-order valence-corrected chi connectivity index (χ2v) is 8.01. The number of thioether (sulfide) groups is 1. The van der Waals surface area contributed by atoms with Crippen molar-refractivity contribution in [2.45, 2.75) is 4.34 Å². The monoisotopic (exact) mass is 393 g/mol. The topological polar surface area (TPSA) is 46.9 Å². The Hall–Kier alpha value is -1.67. The quantitative estimate of drug-likeness (QED) is 0.486. The molecule has 1 aromatic heterocycles. The number of benzene rings is 2.